The van der Waals surface area contributed by atoms with E-state index in [1.807, 2.05) is 10.9 Å². The van der Waals surface area contributed by atoms with Crippen molar-refractivity contribution in [1.82, 2.24) is 24.3 Å². The molecule has 128 valence electrons. The largest absolute Gasteiger partial charge is 0.364 e. The van der Waals surface area contributed by atoms with E-state index in [1.54, 1.807) is 30.1 Å². The van der Waals surface area contributed by atoms with Crippen molar-refractivity contribution in [3.63, 3.8) is 0 Å². The van der Waals surface area contributed by atoms with Crippen LogP contribution in [-0.4, -0.2) is 30.2 Å². The zero-order valence-corrected chi connectivity index (χ0v) is 13.9. The third-order valence-corrected chi connectivity index (χ3v) is 5.41. The van der Waals surface area contributed by atoms with Gasteiger partial charge in [0.25, 0.3) is 5.91 Å². The molecule has 3 atom stereocenters. The topological polar surface area (TPSA) is 104 Å². The van der Waals surface area contributed by atoms with Crippen LogP contribution in [0.25, 0.3) is 11.0 Å². The first kappa shape index (κ1) is 14.4. The second-order valence-electron chi connectivity index (χ2n) is 7.16. The van der Waals surface area contributed by atoms with Gasteiger partial charge in [0.2, 0.25) is 5.95 Å². The average molecular weight is 337 g/mol. The number of aryl methyl sites for hydroxylation is 1. The molecule has 0 aliphatic heterocycles. The van der Waals surface area contributed by atoms with Gasteiger partial charge in [-0.1, -0.05) is 0 Å². The highest BCUT2D eigenvalue weighted by Gasteiger charge is 2.47. The summed E-state index contributed by atoms with van der Waals surface area (Å²) in [5.41, 5.74) is 7.37. The minimum absolute atomic E-state index is 0.429. The van der Waals surface area contributed by atoms with E-state index in [1.165, 1.54) is 19.3 Å². The molecule has 3 N–H and O–H groups in total. The van der Waals surface area contributed by atoms with Crippen LogP contribution in [0.2, 0.25) is 0 Å². The van der Waals surface area contributed by atoms with Gasteiger partial charge in [0, 0.05) is 19.4 Å². The van der Waals surface area contributed by atoms with E-state index in [0.29, 0.717) is 17.7 Å². The second-order valence-corrected chi connectivity index (χ2v) is 7.16. The van der Waals surface area contributed by atoms with Crippen molar-refractivity contribution in [2.45, 2.75) is 25.3 Å². The Balaban J connectivity index is 1.45. The predicted octanol–water partition coefficient (Wildman–Crippen LogP) is 1.98. The third kappa shape index (κ3) is 2.36. The smallest absolute Gasteiger partial charge is 0.265 e. The van der Waals surface area contributed by atoms with Gasteiger partial charge in [-0.05, 0) is 37.2 Å². The third-order valence-electron chi connectivity index (χ3n) is 5.41. The minimum atomic E-state index is -0.468. The van der Waals surface area contributed by atoms with Crippen LogP contribution in [0.15, 0.2) is 24.7 Å². The van der Waals surface area contributed by atoms with Crippen LogP contribution in [0.3, 0.4) is 0 Å². The van der Waals surface area contributed by atoms with Gasteiger partial charge in [-0.25, -0.2) is 9.67 Å². The van der Waals surface area contributed by atoms with Crippen LogP contribution in [0.4, 0.5) is 11.6 Å². The first-order valence-corrected chi connectivity index (χ1v) is 8.52. The standard InChI is InChI=1S/C17H19N7O/c1-23-8-12(5-14(23)15(18)25)21-17-19-6-11-7-20-24(16(11)22-17)13-3-9-2-10(9)4-13/h5-10,13H,2-4H2,1H3,(H2,18,25)(H,19,21,22)/t9-,10+,13?. The first-order chi connectivity index (χ1) is 12.1. The molecule has 1 unspecified atom stereocenters. The summed E-state index contributed by atoms with van der Waals surface area (Å²) >= 11 is 0. The van der Waals surface area contributed by atoms with Crippen LogP contribution < -0.4 is 11.1 Å². The number of nitrogens with one attached hydrogen (secondary N) is 1. The molecule has 0 radical (unpaired) electrons. The highest BCUT2D eigenvalue weighted by molar-refractivity contribution is 5.92. The Bertz CT molecular complexity index is 978. The molecule has 1 amide bonds. The SMILES string of the molecule is Cn1cc(Nc2ncc3cnn(C4C[C@@H]5C[C@@H]5C4)c3n2)cc1C(N)=O. The van der Waals surface area contributed by atoms with Gasteiger partial charge in [-0.15, -0.1) is 0 Å². The number of aromatic nitrogens is 5. The van der Waals surface area contributed by atoms with Gasteiger partial charge in [0.05, 0.1) is 23.3 Å². The van der Waals surface area contributed by atoms with Crippen molar-refractivity contribution in [3.8, 4) is 0 Å². The summed E-state index contributed by atoms with van der Waals surface area (Å²) in [7, 11) is 1.77. The van der Waals surface area contributed by atoms with Crippen LogP contribution >= 0.6 is 0 Å². The number of amides is 1. The fourth-order valence-electron chi connectivity index (χ4n) is 4.05. The van der Waals surface area contributed by atoms with Crippen LogP contribution in [0.5, 0.6) is 0 Å². The van der Waals surface area contributed by atoms with E-state index in [-0.39, 0.29) is 0 Å². The van der Waals surface area contributed by atoms with E-state index in [9.17, 15) is 4.79 Å². The van der Waals surface area contributed by atoms with Crippen LogP contribution in [-0.2, 0) is 7.05 Å². The summed E-state index contributed by atoms with van der Waals surface area (Å²) in [5, 5.41) is 8.63. The molecule has 3 aromatic heterocycles. The van der Waals surface area contributed by atoms with Gasteiger partial charge in [-0.3, -0.25) is 4.79 Å². The summed E-state index contributed by atoms with van der Waals surface area (Å²) in [4.78, 5) is 20.4. The Labute approximate surface area is 144 Å². The van der Waals surface area contributed by atoms with Crippen molar-refractivity contribution in [2.24, 2.45) is 24.6 Å². The first-order valence-electron chi connectivity index (χ1n) is 8.52. The lowest BCUT2D eigenvalue weighted by Crippen LogP contribution is -2.14. The molecule has 3 heterocycles. The molecule has 25 heavy (non-hydrogen) atoms. The van der Waals surface area contributed by atoms with Gasteiger partial charge in [-0.2, -0.15) is 10.1 Å². The Hall–Kier alpha value is -2.90. The number of nitrogens with two attached hydrogens (primary N) is 1. The molecule has 2 aliphatic carbocycles. The quantitative estimate of drug-likeness (QED) is 0.757. The Kier molecular flexibility index (Phi) is 2.92. The molecule has 2 saturated carbocycles. The fourth-order valence-corrected chi connectivity index (χ4v) is 4.05. The maximum Gasteiger partial charge on any atom is 0.265 e. The van der Waals surface area contributed by atoms with E-state index >= 15 is 0 Å². The molecule has 2 fully saturated rings. The number of carbonyl (C=O) groups excluding carboxylic acids is 1. The molecule has 8 nitrogen and oxygen atoms in total. The molecule has 0 bridgehead atoms. The molecule has 5 rings (SSSR count). The van der Waals surface area contributed by atoms with E-state index in [2.05, 4.69) is 20.4 Å². The highest BCUT2D eigenvalue weighted by Crippen LogP contribution is 2.56. The molecule has 8 heteroatoms. The van der Waals surface area contributed by atoms with Gasteiger partial charge >= 0.3 is 0 Å². The van der Waals surface area contributed by atoms with Crippen molar-refractivity contribution >= 4 is 28.6 Å². The molecule has 0 aromatic carbocycles. The number of carbonyl (C=O) groups is 1. The number of primary amides is 1. The summed E-state index contributed by atoms with van der Waals surface area (Å²) in [6.07, 6.45) is 9.19. The molecular formula is C17H19N7O. The lowest BCUT2D eigenvalue weighted by molar-refractivity contribution is 0.0992. The van der Waals surface area contributed by atoms with E-state index in [0.717, 1.165) is 28.6 Å². The molecule has 0 spiro atoms. The Morgan fingerprint density at radius 1 is 1.28 bits per heavy atom. The van der Waals surface area contributed by atoms with Gasteiger partial charge < -0.3 is 15.6 Å². The molecule has 3 aromatic rings. The van der Waals surface area contributed by atoms with E-state index in [4.69, 9.17) is 5.73 Å². The number of fused-ring (bicyclic) bond motifs is 2. The van der Waals surface area contributed by atoms with Crippen molar-refractivity contribution in [2.75, 3.05) is 5.32 Å². The zero-order chi connectivity index (χ0) is 17.1. The summed E-state index contributed by atoms with van der Waals surface area (Å²) in [6.45, 7) is 0. The van der Waals surface area contributed by atoms with Crippen LogP contribution in [0.1, 0.15) is 35.8 Å². The van der Waals surface area contributed by atoms with Crippen molar-refractivity contribution < 1.29 is 4.79 Å². The maximum absolute atomic E-state index is 11.4. The highest BCUT2D eigenvalue weighted by atomic mass is 16.1. The number of hydrogen-bond donors (Lipinski definition) is 2. The molecular weight excluding hydrogens is 318 g/mol. The number of hydrogen-bond acceptors (Lipinski definition) is 5. The fraction of sp³-hybridized carbons (Fsp3) is 0.412. The van der Waals surface area contributed by atoms with Crippen molar-refractivity contribution in [3.05, 3.63) is 30.4 Å². The Morgan fingerprint density at radius 3 is 2.80 bits per heavy atom. The Morgan fingerprint density at radius 2 is 2.08 bits per heavy atom. The van der Waals surface area contributed by atoms with Crippen molar-refractivity contribution in [1.29, 1.82) is 0 Å². The minimum Gasteiger partial charge on any atom is -0.364 e. The van der Waals surface area contributed by atoms with Crippen LogP contribution in [0, 0.1) is 11.8 Å². The lowest BCUT2D eigenvalue weighted by Gasteiger charge is -2.13. The van der Waals surface area contributed by atoms with Gasteiger partial charge in [0.15, 0.2) is 5.65 Å². The average Bonchev–Trinajstić information content (AvgIpc) is 2.93. The number of anilines is 2. The lowest BCUT2D eigenvalue weighted by atomic mass is 10.2. The number of nitrogens with zero attached hydrogens (tertiary/aromatic N) is 5. The van der Waals surface area contributed by atoms with E-state index < -0.39 is 5.91 Å². The summed E-state index contributed by atoms with van der Waals surface area (Å²) in [6, 6.07) is 2.14. The normalized spacial score (nSPS) is 24.4. The summed E-state index contributed by atoms with van der Waals surface area (Å²) in [5.74, 6) is 1.80. The number of rotatable bonds is 4. The predicted molar refractivity (Wildman–Crippen MR) is 92.4 cm³/mol. The maximum atomic E-state index is 11.4. The summed E-state index contributed by atoms with van der Waals surface area (Å²) < 4.78 is 3.73. The molecule has 2 aliphatic rings. The monoisotopic (exact) mass is 337 g/mol. The van der Waals surface area contributed by atoms with Gasteiger partial charge in [0.1, 0.15) is 5.69 Å². The second kappa shape index (κ2) is 5.05. The zero-order valence-electron chi connectivity index (χ0n) is 13.9. The molecule has 0 saturated heterocycles.